The molecular formula is C46H74N2O4S6. The first kappa shape index (κ1) is 56.6. The summed E-state index contributed by atoms with van der Waals surface area (Å²) in [6.07, 6.45) is 36.2. The van der Waals surface area contributed by atoms with Gasteiger partial charge in [0.1, 0.15) is 12.3 Å². The molecule has 0 fully saturated rings. The number of hydrogen-bond donors (Lipinski definition) is 2. The van der Waals surface area contributed by atoms with Crippen LogP contribution in [0.25, 0.3) is 6.08 Å². The Labute approximate surface area is 381 Å². The van der Waals surface area contributed by atoms with Crippen molar-refractivity contribution in [1.82, 2.24) is 9.97 Å². The van der Waals surface area contributed by atoms with Crippen LogP contribution < -0.4 is 0 Å². The molecule has 2 aromatic rings. The van der Waals surface area contributed by atoms with Gasteiger partial charge in [0.25, 0.3) is 0 Å². The van der Waals surface area contributed by atoms with Crippen LogP contribution in [0.4, 0.5) is 0 Å². The fourth-order valence-electron chi connectivity index (χ4n) is 5.62. The molecule has 0 saturated heterocycles. The number of hydrogen-bond acceptors (Lipinski definition) is 10. The quantitative estimate of drug-likeness (QED) is 0.0576. The maximum absolute atomic E-state index is 11.3. The Bertz CT molecular complexity index is 1320. The molecule has 3 unspecified atom stereocenters. The maximum Gasteiger partial charge on any atom is 0.316 e. The van der Waals surface area contributed by atoms with Crippen molar-refractivity contribution < 1.29 is 19.8 Å². The van der Waals surface area contributed by atoms with Crippen molar-refractivity contribution in [1.29, 1.82) is 0 Å². The Kier molecular flexibility index (Phi) is 39.9. The molecule has 0 saturated carbocycles. The van der Waals surface area contributed by atoms with E-state index in [1.165, 1.54) is 140 Å². The van der Waals surface area contributed by atoms with Gasteiger partial charge in [-0.15, -0.1) is 23.5 Å². The summed E-state index contributed by atoms with van der Waals surface area (Å²) in [4.78, 5) is 29.9. The molecule has 0 amide bonds. The summed E-state index contributed by atoms with van der Waals surface area (Å²) in [6, 6.07) is 7.74. The summed E-state index contributed by atoms with van der Waals surface area (Å²) in [5, 5.41) is 17.7. The van der Waals surface area contributed by atoms with E-state index in [0.29, 0.717) is 6.42 Å². The van der Waals surface area contributed by atoms with E-state index in [9.17, 15) is 14.7 Å². The van der Waals surface area contributed by atoms with Crippen molar-refractivity contribution in [3.8, 4) is 0 Å². The fourth-order valence-corrected chi connectivity index (χ4v) is 11.1. The second kappa shape index (κ2) is 40.9. The third-order valence-electron chi connectivity index (χ3n) is 9.30. The molecule has 2 N–H and O–H groups in total. The van der Waals surface area contributed by atoms with Gasteiger partial charge in [0.15, 0.2) is 0 Å². The van der Waals surface area contributed by atoms with Crippen molar-refractivity contribution in [2.24, 2.45) is 5.92 Å². The number of aromatic nitrogens is 2. The lowest BCUT2D eigenvalue weighted by Crippen LogP contribution is -2.13. The number of carboxylic acid groups (broad SMARTS) is 2. The van der Waals surface area contributed by atoms with E-state index in [1.807, 2.05) is 24.3 Å². The first-order chi connectivity index (χ1) is 28.0. The number of pyridine rings is 2. The van der Waals surface area contributed by atoms with E-state index in [1.54, 1.807) is 80.0 Å². The molecule has 6 nitrogen and oxygen atoms in total. The number of rotatable bonds is 30. The van der Waals surface area contributed by atoms with Crippen LogP contribution in [0.3, 0.4) is 0 Å². The average Bonchev–Trinajstić information content (AvgIpc) is 3.22. The van der Waals surface area contributed by atoms with Gasteiger partial charge < -0.3 is 10.2 Å². The highest BCUT2D eigenvalue weighted by atomic mass is 32.2. The lowest BCUT2D eigenvalue weighted by atomic mass is 10.0. The second-order valence-corrected chi connectivity index (χ2v) is 21.6. The Hall–Kier alpha value is -1.44. The zero-order chi connectivity index (χ0) is 43.1. The maximum atomic E-state index is 11.3. The van der Waals surface area contributed by atoms with Gasteiger partial charge in [-0.25, -0.2) is 0 Å². The minimum Gasteiger partial charge on any atom is -0.481 e. The molecular weight excluding hydrogens is 837 g/mol. The van der Waals surface area contributed by atoms with E-state index in [-0.39, 0.29) is 5.25 Å². The van der Waals surface area contributed by atoms with Gasteiger partial charge in [0.05, 0.1) is 5.92 Å². The van der Waals surface area contributed by atoms with E-state index < -0.39 is 23.1 Å². The molecule has 0 aromatic carbocycles. The molecule has 0 aliphatic rings. The second-order valence-electron chi connectivity index (χ2n) is 14.5. The van der Waals surface area contributed by atoms with E-state index >= 15 is 0 Å². The normalized spacial score (nSPS) is 12.2. The molecule has 0 aliphatic heterocycles. The monoisotopic (exact) mass is 910 g/mol. The number of unbranched alkanes of at least 4 members (excludes halogenated alkanes) is 18. The van der Waals surface area contributed by atoms with Crippen LogP contribution in [-0.2, 0) is 9.59 Å². The zero-order valence-corrected chi connectivity index (χ0v) is 40.9. The van der Waals surface area contributed by atoms with Crippen LogP contribution in [-0.4, -0.2) is 55.9 Å². The molecule has 0 aliphatic carbocycles. The number of nitrogens with zero attached hydrogens (tertiary/aromatic N) is 2. The van der Waals surface area contributed by atoms with Gasteiger partial charge in [0, 0.05) is 30.0 Å². The summed E-state index contributed by atoms with van der Waals surface area (Å²) >= 11 is 17.1. The van der Waals surface area contributed by atoms with Crippen molar-refractivity contribution in [3.63, 3.8) is 0 Å². The molecule has 2 heterocycles. The predicted molar refractivity (Wildman–Crippen MR) is 269 cm³/mol. The van der Waals surface area contributed by atoms with Gasteiger partial charge in [0.2, 0.25) is 0 Å². The topological polar surface area (TPSA) is 100 Å². The van der Waals surface area contributed by atoms with Crippen LogP contribution in [0.15, 0.2) is 55.6 Å². The number of carbonyl (C=O) groups is 2. The highest BCUT2D eigenvalue weighted by Gasteiger charge is 2.22. The third kappa shape index (κ3) is 35.3. The van der Waals surface area contributed by atoms with Crippen molar-refractivity contribution >= 4 is 96.6 Å². The number of aliphatic carboxylic acids is 2. The first-order valence-corrected chi connectivity index (χ1v) is 26.1. The van der Waals surface area contributed by atoms with Crippen LogP contribution in [0.1, 0.15) is 179 Å². The number of carboxylic acids is 2. The third-order valence-corrected chi connectivity index (χ3v) is 15.0. The molecule has 328 valence electrons. The standard InChI is InChI=1S/C23H37NO2S3.C16H30O2S3.C7H7N/c1-3-4-5-6-7-8-9-10-11-12-17-28-23(27)29-21(18-19(2)22(25)26)20-13-15-24-16-14-20;1-3-4-5-6-7-8-9-10-11-12-13-20-16(19)21-14(2)15(17)18;1-2-7-3-5-8-6-4-7/h13-16,19,21H,3-12,17-18H2,1-2H3,(H,25,26);14H,3-13H2,1-2H3,(H,17,18);2-6H,1H2. The van der Waals surface area contributed by atoms with Gasteiger partial charge in [-0.1, -0.05) is 197 Å². The van der Waals surface area contributed by atoms with Crippen LogP contribution in [0.5, 0.6) is 0 Å². The largest absolute Gasteiger partial charge is 0.481 e. The highest BCUT2D eigenvalue weighted by molar-refractivity contribution is 8.47. The Morgan fingerprint density at radius 2 is 1.00 bits per heavy atom. The summed E-state index contributed by atoms with van der Waals surface area (Å²) in [6.45, 7) is 11.6. The van der Waals surface area contributed by atoms with E-state index in [2.05, 4.69) is 30.4 Å². The van der Waals surface area contributed by atoms with Gasteiger partial charge in [-0.2, -0.15) is 0 Å². The fraction of sp³-hybridized carbons (Fsp3) is 0.652. The minimum absolute atomic E-state index is 0.0665. The van der Waals surface area contributed by atoms with Crippen LogP contribution >= 0.6 is 71.5 Å². The predicted octanol–water partition coefficient (Wildman–Crippen LogP) is 15.8. The zero-order valence-electron chi connectivity index (χ0n) is 36.0. The first-order valence-electron chi connectivity index (χ1n) is 21.6. The summed E-state index contributed by atoms with van der Waals surface area (Å²) in [5.41, 5.74) is 2.21. The van der Waals surface area contributed by atoms with E-state index in [0.717, 1.165) is 29.7 Å². The van der Waals surface area contributed by atoms with Crippen molar-refractivity contribution in [2.45, 2.75) is 173 Å². The molecule has 0 radical (unpaired) electrons. The molecule has 2 rings (SSSR count). The molecule has 12 heteroatoms. The summed E-state index contributed by atoms with van der Waals surface area (Å²) in [7, 11) is 0. The average molecular weight is 912 g/mol. The number of thioether (sulfide) groups is 4. The van der Waals surface area contributed by atoms with Crippen molar-refractivity contribution in [2.75, 3.05) is 11.5 Å². The van der Waals surface area contributed by atoms with Gasteiger partial charge in [-0.3, -0.25) is 19.6 Å². The van der Waals surface area contributed by atoms with Crippen molar-refractivity contribution in [3.05, 3.63) is 66.8 Å². The lowest BCUT2D eigenvalue weighted by molar-refractivity contribution is -0.141. The molecule has 0 bridgehead atoms. The summed E-state index contributed by atoms with van der Waals surface area (Å²) in [5.74, 6) is 0.139. The number of thiocarbonyl (C=S) groups is 2. The SMILES string of the molecule is C=Cc1ccncc1.CCCCCCCCCCCCSC(=S)SC(C)C(=O)O.CCCCCCCCCCCCSC(=S)SC(CC(C)C(=O)O)c1ccncc1. The smallest absolute Gasteiger partial charge is 0.316 e. The van der Waals surface area contributed by atoms with Gasteiger partial charge in [-0.05, 0) is 73.1 Å². The van der Waals surface area contributed by atoms with Gasteiger partial charge >= 0.3 is 11.9 Å². The van der Waals surface area contributed by atoms with Crippen LogP contribution in [0, 0.1) is 5.92 Å². The summed E-state index contributed by atoms with van der Waals surface area (Å²) < 4.78 is 1.68. The van der Waals surface area contributed by atoms with E-state index in [4.69, 9.17) is 29.5 Å². The molecule has 2 aromatic heterocycles. The minimum atomic E-state index is -0.790. The molecule has 58 heavy (non-hydrogen) atoms. The highest BCUT2D eigenvalue weighted by Crippen LogP contribution is 2.38. The molecule has 3 atom stereocenters. The lowest BCUT2D eigenvalue weighted by Gasteiger charge is -2.19. The van der Waals surface area contributed by atoms with Crippen LogP contribution in [0.2, 0.25) is 0 Å². The molecule has 0 spiro atoms. The Balaban J connectivity index is 0.000000969. The Morgan fingerprint density at radius 3 is 1.36 bits per heavy atom. The Morgan fingerprint density at radius 1 is 0.621 bits per heavy atom.